The Morgan fingerprint density at radius 1 is 1.21 bits per heavy atom. The quantitative estimate of drug-likeness (QED) is 0.287. The van der Waals surface area contributed by atoms with Crippen molar-refractivity contribution in [2.24, 2.45) is 4.99 Å². The minimum atomic E-state index is 0.882. The number of rotatable bonds is 10. The number of guanidine groups is 1. The Morgan fingerprint density at radius 3 is 2.79 bits per heavy atom. The lowest BCUT2D eigenvalue weighted by Gasteiger charge is -2.23. The molecule has 0 aliphatic carbocycles. The van der Waals surface area contributed by atoms with Crippen LogP contribution in [0.4, 0.5) is 0 Å². The summed E-state index contributed by atoms with van der Waals surface area (Å²) < 4.78 is 0. The zero-order valence-electron chi connectivity index (χ0n) is 16.3. The predicted octanol–water partition coefficient (Wildman–Crippen LogP) is 2.27. The summed E-state index contributed by atoms with van der Waals surface area (Å²) in [6.07, 6.45) is 8.13. The van der Waals surface area contributed by atoms with Crippen LogP contribution in [0, 0.1) is 0 Å². The Hall–Kier alpha value is -1.07. The molecule has 1 N–H and O–H groups in total. The van der Waals surface area contributed by atoms with Crippen LogP contribution in [0.3, 0.4) is 0 Å². The van der Waals surface area contributed by atoms with Gasteiger partial charge in [0.05, 0.1) is 6.54 Å². The number of aliphatic imine (C=N–C) groups is 1. The molecular formula is C19H39N5. The van der Waals surface area contributed by atoms with Crippen LogP contribution in [0.15, 0.2) is 17.6 Å². The van der Waals surface area contributed by atoms with Crippen molar-refractivity contribution in [3.8, 4) is 0 Å². The van der Waals surface area contributed by atoms with Crippen LogP contribution < -0.4 is 5.32 Å². The van der Waals surface area contributed by atoms with E-state index in [9.17, 15) is 0 Å². The summed E-state index contributed by atoms with van der Waals surface area (Å²) in [6.45, 7) is 14.6. The highest BCUT2D eigenvalue weighted by molar-refractivity contribution is 5.79. The summed E-state index contributed by atoms with van der Waals surface area (Å²) in [7, 11) is 4.37. The zero-order chi connectivity index (χ0) is 17.6. The van der Waals surface area contributed by atoms with E-state index in [0.29, 0.717) is 0 Å². The zero-order valence-corrected chi connectivity index (χ0v) is 16.3. The molecule has 1 heterocycles. The molecule has 0 radical (unpaired) electrons. The van der Waals surface area contributed by atoms with Crippen molar-refractivity contribution in [1.82, 2.24) is 20.0 Å². The predicted molar refractivity (Wildman–Crippen MR) is 106 cm³/mol. The molecule has 24 heavy (non-hydrogen) atoms. The lowest BCUT2D eigenvalue weighted by Crippen LogP contribution is -2.40. The van der Waals surface area contributed by atoms with E-state index in [1.165, 1.54) is 51.9 Å². The van der Waals surface area contributed by atoms with Gasteiger partial charge < -0.3 is 20.0 Å². The van der Waals surface area contributed by atoms with E-state index in [4.69, 9.17) is 4.99 Å². The number of hydrogen-bond donors (Lipinski definition) is 1. The average Bonchev–Trinajstić information content (AvgIpc) is 2.78. The second kappa shape index (κ2) is 13.2. The molecule has 1 rings (SSSR count). The maximum absolute atomic E-state index is 4.83. The SMILES string of the molecule is C=CCCCCCN(C)C(=NCCN1CCCN(C)CC1)NCC. The molecule has 1 aliphatic rings. The molecule has 140 valence electrons. The molecule has 0 aromatic rings. The van der Waals surface area contributed by atoms with E-state index >= 15 is 0 Å². The smallest absolute Gasteiger partial charge is 0.193 e. The fraction of sp³-hybridized carbons (Fsp3) is 0.842. The number of nitrogens with zero attached hydrogens (tertiary/aromatic N) is 4. The summed E-state index contributed by atoms with van der Waals surface area (Å²) in [4.78, 5) is 12.1. The van der Waals surface area contributed by atoms with Crippen molar-refractivity contribution in [1.29, 1.82) is 0 Å². The minimum Gasteiger partial charge on any atom is -0.357 e. The molecule has 0 unspecified atom stereocenters. The Morgan fingerprint density at radius 2 is 2.04 bits per heavy atom. The van der Waals surface area contributed by atoms with Crippen molar-refractivity contribution >= 4 is 5.96 Å². The van der Waals surface area contributed by atoms with Gasteiger partial charge in [0.25, 0.3) is 0 Å². The van der Waals surface area contributed by atoms with E-state index in [2.05, 4.69) is 47.6 Å². The first-order valence-electron chi connectivity index (χ1n) is 9.68. The molecule has 1 aliphatic heterocycles. The molecule has 0 aromatic heterocycles. The van der Waals surface area contributed by atoms with Crippen molar-refractivity contribution in [2.75, 3.05) is 66.5 Å². The first kappa shape index (κ1) is 21.0. The standard InChI is InChI=1S/C19H39N5/c1-5-7-8-9-10-14-23(4)19(20-6-2)21-12-16-24-15-11-13-22(3)17-18-24/h5H,1,6-18H2,2-4H3,(H,20,21). The van der Waals surface area contributed by atoms with Crippen molar-refractivity contribution in [2.45, 2.75) is 39.0 Å². The lowest BCUT2D eigenvalue weighted by atomic mass is 10.2. The van der Waals surface area contributed by atoms with Gasteiger partial charge in [0.15, 0.2) is 5.96 Å². The first-order valence-corrected chi connectivity index (χ1v) is 9.68. The van der Waals surface area contributed by atoms with Crippen molar-refractivity contribution < 1.29 is 0 Å². The third kappa shape index (κ3) is 9.28. The van der Waals surface area contributed by atoms with Gasteiger partial charge in [-0.05, 0) is 52.7 Å². The summed E-state index contributed by atoms with van der Waals surface area (Å²) in [5, 5.41) is 3.42. The molecule has 0 bridgehead atoms. The van der Waals surface area contributed by atoms with Crippen LogP contribution in [-0.2, 0) is 0 Å². The highest BCUT2D eigenvalue weighted by Gasteiger charge is 2.11. The molecule has 0 aromatic carbocycles. The summed E-state index contributed by atoms with van der Waals surface area (Å²) in [5.74, 6) is 1.05. The molecule has 0 atom stereocenters. The number of nitrogens with one attached hydrogen (secondary N) is 1. The van der Waals surface area contributed by atoms with Crippen molar-refractivity contribution in [3.63, 3.8) is 0 Å². The molecular weight excluding hydrogens is 298 g/mol. The van der Waals surface area contributed by atoms with Gasteiger partial charge in [0.2, 0.25) is 0 Å². The maximum atomic E-state index is 4.83. The molecule has 0 saturated carbocycles. The second-order valence-electron chi connectivity index (χ2n) is 6.79. The first-order chi connectivity index (χ1) is 11.7. The lowest BCUT2D eigenvalue weighted by molar-refractivity contribution is 0.283. The largest absolute Gasteiger partial charge is 0.357 e. The van der Waals surface area contributed by atoms with Crippen molar-refractivity contribution in [3.05, 3.63) is 12.7 Å². The summed E-state index contributed by atoms with van der Waals surface area (Å²) in [5.41, 5.74) is 0. The Labute approximate surface area is 149 Å². The van der Waals surface area contributed by atoms with Crippen LogP contribution in [0.1, 0.15) is 39.0 Å². The van der Waals surface area contributed by atoms with Gasteiger partial charge in [-0.3, -0.25) is 4.99 Å². The van der Waals surface area contributed by atoms with Gasteiger partial charge in [-0.2, -0.15) is 0 Å². The Balaban J connectivity index is 2.33. The van der Waals surface area contributed by atoms with Gasteiger partial charge in [0, 0.05) is 39.8 Å². The molecule has 0 spiro atoms. The number of hydrogen-bond acceptors (Lipinski definition) is 3. The summed E-state index contributed by atoms with van der Waals surface area (Å²) in [6, 6.07) is 0. The third-order valence-corrected chi connectivity index (χ3v) is 4.59. The molecule has 1 fully saturated rings. The molecule has 1 saturated heterocycles. The highest BCUT2D eigenvalue weighted by atomic mass is 15.3. The fourth-order valence-electron chi connectivity index (χ4n) is 3.01. The molecule has 5 nitrogen and oxygen atoms in total. The topological polar surface area (TPSA) is 34.1 Å². The van der Waals surface area contributed by atoms with Crippen LogP contribution in [0.2, 0.25) is 0 Å². The second-order valence-corrected chi connectivity index (χ2v) is 6.79. The van der Waals surface area contributed by atoms with Crippen LogP contribution in [0.5, 0.6) is 0 Å². The van der Waals surface area contributed by atoms with Gasteiger partial charge in [-0.1, -0.05) is 12.5 Å². The average molecular weight is 338 g/mol. The van der Waals surface area contributed by atoms with Crippen LogP contribution in [-0.4, -0.2) is 87.1 Å². The van der Waals surface area contributed by atoms with Gasteiger partial charge in [-0.25, -0.2) is 0 Å². The monoisotopic (exact) mass is 337 g/mol. The number of allylic oxidation sites excluding steroid dienone is 1. The van der Waals surface area contributed by atoms with E-state index < -0.39 is 0 Å². The molecule has 5 heteroatoms. The highest BCUT2D eigenvalue weighted by Crippen LogP contribution is 2.03. The summed E-state index contributed by atoms with van der Waals surface area (Å²) >= 11 is 0. The minimum absolute atomic E-state index is 0.882. The Kier molecular flexibility index (Phi) is 11.6. The van der Waals surface area contributed by atoms with Gasteiger partial charge in [0.1, 0.15) is 0 Å². The Bertz CT molecular complexity index is 356. The van der Waals surface area contributed by atoms with Crippen LogP contribution in [0.25, 0.3) is 0 Å². The van der Waals surface area contributed by atoms with E-state index in [-0.39, 0.29) is 0 Å². The van der Waals surface area contributed by atoms with E-state index in [0.717, 1.165) is 38.6 Å². The van der Waals surface area contributed by atoms with Gasteiger partial charge in [-0.15, -0.1) is 6.58 Å². The van der Waals surface area contributed by atoms with Gasteiger partial charge >= 0.3 is 0 Å². The van der Waals surface area contributed by atoms with Crippen LogP contribution >= 0.6 is 0 Å². The normalized spacial score (nSPS) is 17.5. The van der Waals surface area contributed by atoms with E-state index in [1.54, 1.807) is 0 Å². The number of unbranched alkanes of at least 4 members (excludes halogenated alkanes) is 3. The maximum Gasteiger partial charge on any atom is 0.193 e. The number of likely N-dealkylation sites (N-methyl/N-ethyl adjacent to an activating group) is 1. The van der Waals surface area contributed by atoms with E-state index in [1.807, 2.05) is 6.08 Å². The third-order valence-electron chi connectivity index (χ3n) is 4.59. The molecule has 0 amide bonds. The fourth-order valence-corrected chi connectivity index (χ4v) is 3.01.